The van der Waals surface area contributed by atoms with E-state index in [9.17, 15) is 4.79 Å². The van der Waals surface area contributed by atoms with E-state index in [1.165, 1.54) is 6.08 Å². The van der Waals surface area contributed by atoms with Gasteiger partial charge < -0.3 is 9.47 Å². The molecule has 0 spiro atoms. The highest BCUT2D eigenvalue weighted by atomic mass is 16.5. The molecule has 0 amide bonds. The number of carbonyl (C=O) groups excluding carboxylic acids is 1. The molecule has 0 saturated carbocycles. The van der Waals surface area contributed by atoms with Crippen molar-refractivity contribution in [2.24, 2.45) is 0 Å². The molecule has 2 aromatic carbocycles. The van der Waals surface area contributed by atoms with Crippen molar-refractivity contribution in [3.8, 4) is 16.9 Å². The first-order valence-electron chi connectivity index (χ1n) is 8.23. The number of rotatable bonds is 9. The first-order chi connectivity index (χ1) is 12.2. The zero-order valence-corrected chi connectivity index (χ0v) is 14.1. The van der Waals surface area contributed by atoms with E-state index in [0.29, 0.717) is 18.9 Å². The fourth-order valence-corrected chi connectivity index (χ4v) is 2.27. The number of hydrogen-bond acceptors (Lipinski definition) is 3. The molecule has 0 aliphatic rings. The summed E-state index contributed by atoms with van der Waals surface area (Å²) in [4.78, 5) is 14.3. The molecule has 0 saturated heterocycles. The highest BCUT2D eigenvalue weighted by Gasteiger charge is 2.00. The summed E-state index contributed by atoms with van der Waals surface area (Å²) < 4.78 is 10.6. The predicted octanol–water partition coefficient (Wildman–Crippen LogP) is 5.18. The van der Waals surface area contributed by atoms with Crippen molar-refractivity contribution in [2.45, 2.75) is 19.3 Å². The molecule has 2 aromatic rings. The van der Waals surface area contributed by atoms with Crippen LogP contribution < -0.4 is 4.74 Å². The zero-order chi connectivity index (χ0) is 17.9. The van der Waals surface area contributed by atoms with Crippen LogP contribution in [-0.4, -0.2) is 19.2 Å². The average molecular weight is 335 g/mol. The summed E-state index contributed by atoms with van der Waals surface area (Å²) in [7, 11) is 0. The SMILES string of the molecule is [C-]#[N+]c1ccc(-c2ccc(OCCCCCOC(=O)C=C)cc2)cc1. The van der Waals surface area contributed by atoms with Gasteiger partial charge in [0.05, 0.1) is 19.8 Å². The third-order valence-electron chi connectivity index (χ3n) is 3.65. The minimum Gasteiger partial charge on any atom is -0.494 e. The number of hydrogen-bond donors (Lipinski definition) is 0. The molecule has 0 aliphatic carbocycles. The maximum atomic E-state index is 10.9. The standard InChI is InChI=1S/C21H21NO3/c1-3-21(23)25-16-6-4-5-15-24-20-13-9-18(10-14-20)17-7-11-19(22-2)12-8-17/h3,7-14H,1,4-6,15-16H2. The Balaban J connectivity index is 1.70. The normalized spacial score (nSPS) is 9.88. The molecule has 0 fully saturated rings. The van der Waals surface area contributed by atoms with E-state index < -0.39 is 0 Å². The van der Waals surface area contributed by atoms with Gasteiger partial charge in [0.15, 0.2) is 5.69 Å². The van der Waals surface area contributed by atoms with E-state index in [2.05, 4.69) is 11.4 Å². The van der Waals surface area contributed by atoms with Crippen molar-refractivity contribution in [3.63, 3.8) is 0 Å². The molecular formula is C21H21NO3. The molecule has 0 aliphatic heterocycles. The van der Waals surface area contributed by atoms with E-state index >= 15 is 0 Å². The minimum atomic E-state index is -0.375. The largest absolute Gasteiger partial charge is 0.494 e. The van der Waals surface area contributed by atoms with E-state index in [4.69, 9.17) is 16.0 Å². The third-order valence-corrected chi connectivity index (χ3v) is 3.65. The summed E-state index contributed by atoms with van der Waals surface area (Å²) in [5.41, 5.74) is 2.81. The van der Waals surface area contributed by atoms with Crippen LogP contribution in [0.5, 0.6) is 5.75 Å². The summed E-state index contributed by atoms with van der Waals surface area (Å²) in [5, 5.41) is 0. The van der Waals surface area contributed by atoms with Crippen molar-refractivity contribution in [2.75, 3.05) is 13.2 Å². The van der Waals surface area contributed by atoms with E-state index in [1.54, 1.807) is 0 Å². The van der Waals surface area contributed by atoms with Crippen molar-refractivity contribution in [3.05, 3.63) is 72.6 Å². The van der Waals surface area contributed by atoms with Gasteiger partial charge in [-0.3, -0.25) is 0 Å². The zero-order valence-electron chi connectivity index (χ0n) is 14.1. The maximum Gasteiger partial charge on any atom is 0.330 e. The fourth-order valence-electron chi connectivity index (χ4n) is 2.27. The second-order valence-corrected chi connectivity index (χ2v) is 5.46. The van der Waals surface area contributed by atoms with Crippen LogP contribution in [0.1, 0.15) is 19.3 Å². The number of ether oxygens (including phenoxy) is 2. The lowest BCUT2D eigenvalue weighted by Crippen LogP contribution is -2.03. The number of esters is 1. The van der Waals surface area contributed by atoms with Crippen LogP contribution in [0, 0.1) is 6.57 Å². The van der Waals surface area contributed by atoms with Gasteiger partial charge >= 0.3 is 5.97 Å². The summed E-state index contributed by atoms with van der Waals surface area (Å²) in [5.74, 6) is 0.458. The van der Waals surface area contributed by atoms with Crippen LogP contribution in [0.3, 0.4) is 0 Å². The van der Waals surface area contributed by atoms with Gasteiger partial charge in [-0.15, -0.1) is 0 Å². The first kappa shape index (κ1) is 18.3. The summed E-state index contributed by atoms with van der Waals surface area (Å²) in [6.45, 7) is 11.4. The van der Waals surface area contributed by atoms with Crippen LogP contribution in [-0.2, 0) is 9.53 Å². The maximum absolute atomic E-state index is 10.9. The van der Waals surface area contributed by atoms with Crippen molar-refractivity contribution in [1.29, 1.82) is 0 Å². The fraction of sp³-hybridized carbons (Fsp3) is 0.238. The lowest BCUT2D eigenvalue weighted by Gasteiger charge is -2.08. The highest BCUT2D eigenvalue weighted by Crippen LogP contribution is 2.24. The van der Waals surface area contributed by atoms with Crippen molar-refractivity contribution < 1.29 is 14.3 Å². The second-order valence-electron chi connectivity index (χ2n) is 5.46. The molecule has 4 nitrogen and oxygen atoms in total. The summed E-state index contributed by atoms with van der Waals surface area (Å²) in [6.07, 6.45) is 3.84. The van der Waals surface area contributed by atoms with Gasteiger partial charge in [-0.2, -0.15) is 0 Å². The Kier molecular flexibility index (Phi) is 7.27. The van der Waals surface area contributed by atoms with Gasteiger partial charge in [-0.25, -0.2) is 9.64 Å². The monoisotopic (exact) mass is 335 g/mol. The Morgan fingerprint density at radius 1 is 0.960 bits per heavy atom. The minimum absolute atomic E-state index is 0.375. The molecule has 0 bridgehead atoms. The predicted molar refractivity (Wildman–Crippen MR) is 98.6 cm³/mol. The van der Waals surface area contributed by atoms with Crippen LogP contribution in [0.4, 0.5) is 5.69 Å². The molecule has 0 N–H and O–H groups in total. The molecule has 128 valence electrons. The van der Waals surface area contributed by atoms with Crippen molar-refractivity contribution >= 4 is 11.7 Å². The molecule has 0 aromatic heterocycles. The number of carbonyl (C=O) groups is 1. The Hall–Kier alpha value is -3.06. The first-order valence-corrected chi connectivity index (χ1v) is 8.23. The van der Waals surface area contributed by atoms with E-state index in [0.717, 1.165) is 36.1 Å². The number of benzene rings is 2. The van der Waals surface area contributed by atoms with Crippen molar-refractivity contribution in [1.82, 2.24) is 0 Å². The van der Waals surface area contributed by atoms with E-state index in [-0.39, 0.29) is 5.97 Å². The molecular weight excluding hydrogens is 314 g/mol. The topological polar surface area (TPSA) is 39.9 Å². The van der Waals surface area contributed by atoms with Crippen LogP contribution in [0.2, 0.25) is 0 Å². The van der Waals surface area contributed by atoms with Crippen LogP contribution in [0.25, 0.3) is 16.0 Å². The molecule has 0 radical (unpaired) electrons. The van der Waals surface area contributed by atoms with Gasteiger partial charge in [0, 0.05) is 6.08 Å². The Bertz CT molecular complexity index is 727. The molecule has 0 unspecified atom stereocenters. The molecule has 0 heterocycles. The third kappa shape index (κ3) is 6.15. The van der Waals surface area contributed by atoms with Gasteiger partial charge in [0.2, 0.25) is 0 Å². The average Bonchev–Trinajstić information content (AvgIpc) is 2.67. The Morgan fingerprint density at radius 3 is 2.16 bits per heavy atom. The number of nitrogens with zero attached hydrogens (tertiary/aromatic N) is 1. The highest BCUT2D eigenvalue weighted by molar-refractivity contribution is 5.81. The number of unbranched alkanes of at least 4 members (excludes halogenated alkanes) is 2. The summed E-state index contributed by atoms with van der Waals surface area (Å²) in [6, 6.07) is 15.4. The van der Waals surface area contributed by atoms with Gasteiger partial charge in [-0.05, 0) is 42.5 Å². The molecule has 4 heteroatoms. The van der Waals surface area contributed by atoms with Crippen LogP contribution in [0.15, 0.2) is 61.2 Å². The smallest absolute Gasteiger partial charge is 0.330 e. The van der Waals surface area contributed by atoms with Crippen LogP contribution >= 0.6 is 0 Å². The van der Waals surface area contributed by atoms with E-state index in [1.807, 2.05) is 48.5 Å². The molecule has 25 heavy (non-hydrogen) atoms. The lowest BCUT2D eigenvalue weighted by atomic mass is 10.1. The summed E-state index contributed by atoms with van der Waals surface area (Å²) >= 11 is 0. The molecule has 2 rings (SSSR count). The van der Waals surface area contributed by atoms with Gasteiger partial charge in [0.1, 0.15) is 5.75 Å². The quantitative estimate of drug-likeness (QED) is 0.274. The van der Waals surface area contributed by atoms with Gasteiger partial charge in [-0.1, -0.05) is 43.0 Å². The lowest BCUT2D eigenvalue weighted by molar-refractivity contribution is -0.137. The Morgan fingerprint density at radius 2 is 1.56 bits per heavy atom. The second kappa shape index (κ2) is 9.94. The molecule has 0 atom stereocenters. The Labute approximate surface area is 148 Å². The van der Waals surface area contributed by atoms with Gasteiger partial charge in [0.25, 0.3) is 0 Å².